The van der Waals surface area contributed by atoms with Gasteiger partial charge in [0.15, 0.2) is 6.29 Å². The molecule has 1 aromatic carbocycles. The summed E-state index contributed by atoms with van der Waals surface area (Å²) < 4.78 is 10.6. The maximum atomic E-state index is 9.95. The third kappa shape index (κ3) is 2.78. The van der Waals surface area contributed by atoms with E-state index in [0.29, 0.717) is 19.6 Å². The lowest BCUT2D eigenvalue weighted by Crippen LogP contribution is -2.13. The maximum absolute atomic E-state index is 9.95. The van der Waals surface area contributed by atoms with Crippen molar-refractivity contribution in [3.05, 3.63) is 35.4 Å². The van der Waals surface area contributed by atoms with Gasteiger partial charge in [0.05, 0.1) is 19.3 Å². The quantitative estimate of drug-likeness (QED) is 0.823. The number of hydrogen-bond acceptors (Lipinski definition) is 3. The van der Waals surface area contributed by atoms with Crippen molar-refractivity contribution in [3.63, 3.8) is 0 Å². The molecule has 2 rings (SSSR count). The molecular formula is C12H16O3. The van der Waals surface area contributed by atoms with Crippen LogP contribution in [0.1, 0.15) is 23.7 Å². The molecule has 1 aliphatic rings. The van der Waals surface area contributed by atoms with Crippen LogP contribution < -0.4 is 0 Å². The SMILES string of the molecule is Cc1cccc(C(O)CC2OCCO2)c1. The maximum Gasteiger partial charge on any atom is 0.160 e. The van der Waals surface area contributed by atoms with Gasteiger partial charge in [-0.05, 0) is 12.5 Å². The molecule has 0 amide bonds. The molecule has 0 radical (unpaired) electrons. The Morgan fingerprint density at radius 1 is 1.40 bits per heavy atom. The molecule has 1 fully saturated rings. The summed E-state index contributed by atoms with van der Waals surface area (Å²) in [6.45, 7) is 3.27. The average Bonchev–Trinajstić information content (AvgIpc) is 2.70. The fourth-order valence-electron chi connectivity index (χ4n) is 1.74. The first-order valence-electron chi connectivity index (χ1n) is 5.23. The molecule has 1 unspecified atom stereocenters. The smallest absolute Gasteiger partial charge is 0.160 e. The number of rotatable bonds is 3. The van der Waals surface area contributed by atoms with Crippen molar-refractivity contribution in [1.29, 1.82) is 0 Å². The Morgan fingerprint density at radius 2 is 2.13 bits per heavy atom. The zero-order valence-electron chi connectivity index (χ0n) is 8.85. The molecule has 3 heteroatoms. The van der Waals surface area contributed by atoms with E-state index in [4.69, 9.17) is 9.47 Å². The van der Waals surface area contributed by atoms with Crippen LogP contribution in [0.5, 0.6) is 0 Å². The van der Waals surface area contributed by atoms with Crippen LogP contribution in [0.25, 0.3) is 0 Å². The summed E-state index contributed by atoms with van der Waals surface area (Å²) >= 11 is 0. The van der Waals surface area contributed by atoms with Crippen LogP contribution in [0.15, 0.2) is 24.3 Å². The number of aryl methyl sites for hydroxylation is 1. The van der Waals surface area contributed by atoms with E-state index in [1.165, 1.54) is 0 Å². The molecule has 1 heterocycles. The minimum Gasteiger partial charge on any atom is -0.388 e. The highest BCUT2D eigenvalue weighted by atomic mass is 16.7. The van der Waals surface area contributed by atoms with Gasteiger partial charge < -0.3 is 14.6 Å². The molecule has 82 valence electrons. The first kappa shape index (κ1) is 10.6. The minimum atomic E-state index is -0.506. The Morgan fingerprint density at radius 3 is 2.80 bits per heavy atom. The van der Waals surface area contributed by atoms with Crippen molar-refractivity contribution < 1.29 is 14.6 Å². The zero-order valence-corrected chi connectivity index (χ0v) is 8.85. The number of benzene rings is 1. The second-order valence-electron chi connectivity index (χ2n) is 3.84. The van der Waals surface area contributed by atoms with Gasteiger partial charge in [0.1, 0.15) is 0 Å². The van der Waals surface area contributed by atoms with Gasteiger partial charge in [-0.15, -0.1) is 0 Å². The Kier molecular flexibility index (Phi) is 3.36. The van der Waals surface area contributed by atoms with Gasteiger partial charge in [-0.3, -0.25) is 0 Å². The number of ether oxygens (including phenoxy) is 2. The van der Waals surface area contributed by atoms with E-state index >= 15 is 0 Å². The lowest BCUT2D eigenvalue weighted by Gasteiger charge is -2.15. The summed E-state index contributed by atoms with van der Waals surface area (Å²) in [6, 6.07) is 7.87. The summed E-state index contributed by atoms with van der Waals surface area (Å²) in [5, 5.41) is 9.95. The molecule has 0 aliphatic carbocycles. The number of hydrogen-bond donors (Lipinski definition) is 1. The molecule has 0 spiro atoms. The van der Waals surface area contributed by atoms with E-state index in [9.17, 15) is 5.11 Å². The average molecular weight is 208 g/mol. The van der Waals surface area contributed by atoms with E-state index in [2.05, 4.69) is 0 Å². The summed E-state index contributed by atoms with van der Waals surface area (Å²) in [5.41, 5.74) is 2.08. The summed E-state index contributed by atoms with van der Waals surface area (Å²) in [7, 11) is 0. The van der Waals surface area contributed by atoms with Crippen LogP contribution in [0.2, 0.25) is 0 Å². The Hall–Kier alpha value is -0.900. The predicted octanol–water partition coefficient (Wildman–Crippen LogP) is 1.79. The van der Waals surface area contributed by atoms with Gasteiger partial charge in [0.2, 0.25) is 0 Å². The molecule has 0 bridgehead atoms. The molecule has 1 saturated heterocycles. The van der Waals surface area contributed by atoms with Crippen LogP contribution >= 0.6 is 0 Å². The largest absolute Gasteiger partial charge is 0.388 e. The van der Waals surface area contributed by atoms with Gasteiger partial charge in [0.25, 0.3) is 0 Å². The van der Waals surface area contributed by atoms with Gasteiger partial charge in [-0.25, -0.2) is 0 Å². The second-order valence-corrected chi connectivity index (χ2v) is 3.84. The Bertz CT molecular complexity index is 318. The third-order valence-corrected chi connectivity index (χ3v) is 2.53. The molecule has 3 nitrogen and oxygen atoms in total. The van der Waals surface area contributed by atoms with E-state index in [1.807, 2.05) is 31.2 Å². The highest BCUT2D eigenvalue weighted by Crippen LogP contribution is 2.22. The summed E-state index contributed by atoms with van der Waals surface area (Å²) in [6.07, 6.45) is -0.253. The van der Waals surface area contributed by atoms with Crippen LogP contribution in [-0.2, 0) is 9.47 Å². The zero-order chi connectivity index (χ0) is 10.7. The van der Waals surface area contributed by atoms with Gasteiger partial charge in [-0.1, -0.05) is 29.8 Å². The van der Waals surface area contributed by atoms with Crippen LogP contribution in [0.3, 0.4) is 0 Å². The first-order chi connectivity index (χ1) is 7.25. The summed E-state index contributed by atoms with van der Waals surface area (Å²) in [4.78, 5) is 0. The van der Waals surface area contributed by atoms with Crippen molar-refractivity contribution >= 4 is 0 Å². The van der Waals surface area contributed by atoms with Crippen molar-refractivity contribution in [2.24, 2.45) is 0 Å². The Balaban J connectivity index is 1.97. The normalized spacial score (nSPS) is 19.3. The standard InChI is InChI=1S/C12H16O3/c1-9-3-2-4-10(7-9)11(13)8-12-14-5-6-15-12/h2-4,7,11-13H,5-6,8H2,1H3. The molecule has 1 N–H and O–H groups in total. The summed E-state index contributed by atoms with van der Waals surface area (Å²) in [5.74, 6) is 0. The lowest BCUT2D eigenvalue weighted by molar-refractivity contribution is -0.0707. The van der Waals surface area contributed by atoms with E-state index in [1.54, 1.807) is 0 Å². The van der Waals surface area contributed by atoms with Crippen LogP contribution in [-0.4, -0.2) is 24.6 Å². The Labute approximate surface area is 89.6 Å². The van der Waals surface area contributed by atoms with E-state index in [0.717, 1.165) is 11.1 Å². The molecule has 1 aliphatic heterocycles. The van der Waals surface area contributed by atoms with Crippen molar-refractivity contribution in [2.45, 2.75) is 25.7 Å². The molecule has 1 aromatic rings. The predicted molar refractivity (Wildman–Crippen MR) is 56.4 cm³/mol. The fourth-order valence-corrected chi connectivity index (χ4v) is 1.74. The van der Waals surface area contributed by atoms with Crippen LogP contribution in [0.4, 0.5) is 0 Å². The van der Waals surface area contributed by atoms with Crippen molar-refractivity contribution in [2.75, 3.05) is 13.2 Å². The third-order valence-electron chi connectivity index (χ3n) is 2.53. The topological polar surface area (TPSA) is 38.7 Å². The molecular weight excluding hydrogens is 192 g/mol. The minimum absolute atomic E-state index is 0.250. The fraction of sp³-hybridized carbons (Fsp3) is 0.500. The molecule has 15 heavy (non-hydrogen) atoms. The monoisotopic (exact) mass is 208 g/mol. The van der Waals surface area contributed by atoms with E-state index < -0.39 is 6.10 Å². The second kappa shape index (κ2) is 4.75. The van der Waals surface area contributed by atoms with Crippen LogP contribution in [0, 0.1) is 6.92 Å². The number of aliphatic hydroxyl groups is 1. The molecule has 1 atom stereocenters. The van der Waals surface area contributed by atoms with Crippen molar-refractivity contribution in [1.82, 2.24) is 0 Å². The highest BCUT2D eigenvalue weighted by molar-refractivity contribution is 5.23. The highest BCUT2D eigenvalue weighted by Gasteiger charge is 2.20. The molecule has 0 saturated carbocycles. The van der Waals surface area contributed by atoms with Gasteiger partial charge in [0, 0.05) is 6.42 Å². The van der Waals surface area contributed by atoms with E-state index in [-0.39, 0.29) is 6.29 Å². The lowest BCUT2D eigenvalue weighted by atomic mass is 10.0. The number of aliphatic hydroxyl groups excluding tert-OH is 1. The van der Waals surface area contributed by atoms with Gasteiger partial charge in [-0.2, -0.15) is 0 Å². The van der Waals surface area contributed by atoms with Crippen molar-refractivity contribution in [3.8, 4) is 0 Å². The van der Waals surface area contributed by atoms with Gasteiger partial charge >= 0.3 is 0 Å². The first-order valence-corrected chi connectivity index (χ1v) is 5.23. The molecule has 0 aromatic heterocycles.